The predicted octanol–water partition coefficient (Wildman–Crippen LogP) is 5.22. The van der Waals surface area contributed by atoms with E-state index in [1.165, 1.54) is 7.11 Å². The van der Waals surface area contributed by atoms with Crippen molar-refractivity contribution in [2.45, 2.75) is 31.7 Å². The number of ether oxygens (including phenoxy) is 1. The minimum atomic E-state index is -4.62. The van der Waals surface area contributed by atoms with Gasteiger partial charge in [0, 0.05) is 24.4 Å². The number of alkyl halides is 3. The Balaban J connectivity index is 1.48. The van der Waals surface area contributed by atoms with Crippen LogP contribution in [-0.4, -0.2) is 52.2 Å². The summed E-state index contributed by atoms with van der Waals surface area (Å²) in [5.74, 6) is -0.638. The normalized spacial score (nSPS) is 15.4. The van der Waals surface area contributed by atoms with Crippen LogP contribution in [0.5, 0.6) is 0 Å². The highest BCUT2D eigenvalue weighted by atomic mass is 19.4. The summed E-state index contributed by atoms with van der Waals surface area (Å²) < 4.78 is 51.3. The Labute approximate surface area is 233 Å². The Hall–Kier alpha value is -4.78. The molecule has 0 radical (unpaired) electrons. The van der Waals surface area contributed by atoms with Crippen molar-refractivity contribution in [1.82, 2.24) is 15.2 Å². The first-order chi connectivity index (χ1) is 19.5. The fraction of sp³-hybridized carbons (Fsp3) is 0.250. The zero-order chi connectivity index (χ0) is 29.2. The van der Waals surface area contributed by atoms with Crippen molar-refractivity contribution in [3.05, 3.63) is 83.6 Å². The van der Waals surface area contributed by atoms with E-state index in [0.29, 0.717) is 17.6 Å². The summed E-state index contributed by atoms with van der Waals surface area (Å²) in [6.07, 6.45) is -5.09. The first-order valence-corrected chi connectivity index (χ1v) is 12.5. The van der Waals surface area contributed by atoms with Gasteiger partial charge in [-0.15, -0.1) is 5.10 Å². The molecule has 4 aromatic rings. The molecular formula is C28H26F3N7O3. The molecular weight excluding hydrogens is 539 g/mol. The molecule has 3 N–H and O–H groups in total. The lowest BCUT2D eigenvalue weighted by Gasteiger charge is -2.27. The number of rotatable bonds is 8. The van der Waals surface area contributed by atoms with E-state index in [0.717, 1.165) is 17.2 Å². The fourth-order valence-electron chi connectivity index (χ4n) is 4.32. The number of methoxy groups -OCH3 is 1. The molecule has 1 amide bonds. The number of para-hydroxylation sites is 1. The van der Waals surface area contributed by atoms with Crippen LogP contribution in [0.4, 0.5) is 30.6 Å². The quantitative estimate of drug-likeness (QED) is 0.266. The molecule has 10 nitrogen and oxygen atoms in total. The largest absolute Gasteiger partial charge is 0.417 e. The Morgan fingerprint density at radius 2 is 1.78 bits per heavy atom. The average molecular weight is 566 g/mol. The lowest BCUT2D eigenvalue weighted by molar-refractivity contribution is -0.137. The molecule has 5 rings (SSSR count). The number of carbonyl (C=O) groups excluding carboxylic acids is 1. The van der Waals surface area contributed by atoms with Crippen molar-refractivity contribution in [3.8, 4) is 11.6 Å². The number of pyridine rings is 1. The molecule has 2 aromatic carbocycles. The van der Waals surface area contributed by atoms with Gasteiger partial charge in [0.05, 0.1) is 34.8 Å². The van der Waals surface area contributed by atoms with Crippen LogP contribution in [0.15, 0.2) is 76.3 Å². The molecule has 3 heterocycles. The molecule has 41 heavy (non-hydrogen) atoms. The molecule has 1 atom stereocenters. The molecule has 1 aliphatic rings. The second-order valence-electron chi connectivity index (χ2n) is 9.90. The summed E-state index contributed by atoms with van der Waals surface area (Å²) in [5.41, 5.74) is 0.966. The number of amides is 1. The monoisotopic (exact) mass is 565 g/mol. The van der Waals surface area contributed by atoms with Crippen LogP contribution >= 0.6 is 0 Å². The van der Waals surface area contributed by atoms with Crippen molar-refractivity contribution in [3.63, 3.8) is 0 Å². The average Bonchev–Trinajstić information content (AvgIpc) is 3.34. The topological polar surface area (TPSA) is 127 Å². The SMILES string of the molecule is COCC(C)(C)Nc1cc(C(F)(F)F)cnc1-c1nnc(N[C@H]2N=C(c3ccccc3)c3ccccc3NC2=O)o1. The summed E-state index contributed by atoms with van der Waals surface area (Å²) in [7, 11) is 1.48. The molecule has 13 heteroatoms. The second kappa shape index (κ2) is 11.0. The van der Waals surface area contributed by atoms with Crippen LogP contribution in [0.1, 0.15) is 30.5 Å². The van der Waals surface area contributed by atoms with Gasteiger partial charge in [0.2, 0.25) is 6.17 Å². The summed E-state index contributed by atoms with van der Waals surface area (Å²) in [6, 6.07) is 17.4. The Kier molecular flexibility index (Phi) is 7.45. The Morgan fingerprint density at radius 1 is 1.05 bits per heavy atom. The van der Waals surface area contributed by atoms with E-state index in [1.54, 1.807) is 26.0 Å². The first kappa shape index (κ1) is 27.8. The van der Waals surface area contributed by atoms with Crippen molar-refractivity contribution in [1.29, 1.82) is 0 Å². The third-order valence-electron chi connectivity index (χ3n) is 6.07. The second-order valence-corrected chi connectivity index (χ2v) is 9.90. The van der Waals surface area contributed by atoms with Crippen molar-refractivity contribution in [2.24, 2.45) is 4.99 Å². The van der Waals surface area contributed by atoms with Crippen LogP contribution in [-0.2, 0) is 15.7 Å². The number of anilines is 3. The molecule has 0 aliphatic carbocycles. The summed E-state index contributed by atoms with van der Waals surface area (Å²) in [6.45, 7) is 3.71. The lowest BCUT2D eigenvalue weighted by atomic mass is 10.0. The highest BCUT2D eigenvalue weighted by Gasteiger charge is 2.34. The summed E-state index contributed by atoms with van der Waals surface area (Å²) in [4.78, 5) is 21.8. The molecule has 1 aliphatic heterocycles. The molecule has 0 saturated heterocycles. The van der Waals surface area contributed by atoms with E-state index < -0.39 is 29.4 Å². The van der Waals surface area contributed by atoms with E-state index in [-0.39, 0.29) is 29.9 Å². The maximum absolute atomic E-state index is 13.5. The highest BCUT2D eigenvalue weighted by Crippen LogP contribution is 2.35. The van der Waals surface area contributed by atoms with Crippen molar-refractivity contribution < 1.29 is 27.1 Å². The molecule has 212 valence electrons. The lowest BCUT2D eigenvalue weighted by Crippen LogP contribution is -2.36. The minimum absolute atomic E-state index is 0.00562. The van der Waals surface area contributed by atoms with E-state index >= 15 is 0 Å². The Morgan fingerprint density at radius 3 is 2.51 bits per heavy atom. The number of benzodiazepines with no additional fused rings is 1. The zero-order valence-electron chi connectivity index (χ0n) is 22.3. The number of aromatic nitrogens is 3. The van der Waals surface area contributed by atoms with E-state index in [1.807, 2.05) is 42.5 Å². The number of halogens is 3. The number of hydrogen-bond acceptors (Lipinski definition) is 9. The van der Waals surface area contributed by atoms with Gasteiger partial charge in [-0.3, -0.25) is 4.79 Å². The van der Waals surface area contributed by atoms with Crippen LogP contribution in [0.2, 0.25) is 0 Å². The number of benzene rings is 2. The van der Waals surface area contributed by atoms with Crippen LogP contribution in [0, 0.1) is 0 Å². The third-order valence-corrected chi connectivity index (χ3v) is 6.07. The van der Waals surface area contributed by atoms with E-state index in [2.05, 4.69) is 36.1 Å². The van der Waals surface area contributed by atoms with Gasteiger partial charge in [-0.2, -0.15) is 13.2 Å². The van der Waals surface area contributed by atoms with Gasteiger partial charge in [-0.1, -0.05) is 53.6 Å². The van der Waals surface area contributed by atoms with Crippen molar-refractivity contribution in [2.75, 3.05) is 29.7 Å². The molecule has 0 fully saturated rings. The van der Waals surface area contributed by atoms with Gasteiger partial charge < -0.3 is 25.1 Å². The van der Waals surface area contributed by atoms with Crippen molar-refractivity contribution >= 4 is 29.0 Å². The number of fused-ring (bicyclic) bond motifs is 1. The Bertz CT molecular complexity index is 1590. The number of hydrogen-bond donors (Lipinski definition) is 3. The zero-order valence-corrected chi connectivity index (χ0v) is 22.3. The minimum Gasteiger partial charge on any atom is -0.402 e. The van der Waals surface area contributed by atoms with Crippen LogP contribution < -0.4 is 16.0 Å². The summed E-state index contributed by atoms with van der Waals surface area (Å²) in [5, 5.41) is 16.6. The first-order valence-electron chi connectivity index (χ1n) is 12.5. The van der Waals surface area contributed by atoms with Gasteiger partial charge in [0.1, 0.15) is 0 Å². The van der Waals surface area contributed by atoms with Gasteiger partial charge in [0.25, 0.3) is 11.8 Å². The molecule has 0 unspecified atom stereocenters. The summed E-state index contributed by atoms with van der Waals surface area (Å²) >= 11 is 0. The van der Waals surface area contributed by atoms with Gasteiger partial charge in [0.15, 0.2) is 5.69 Å². The maximum atomic E-state index is 13.5. The van der Waals surface area contributed by atoms with Gasteiger partial charge in [-0.25, -0.2) is 9.98 Å². The predicted molar refractivity (Wildman–Crippen MR) is 147 cm³/mol. The molecule has 0 spiro atoms. The van der Waals surface area contributed by atoms with Crippen LogP contribution in [0.25, 0.3) is 11.6 Å². The van der Waals surface area contributed by atoms with Gasteiger partial charge in [-0.05, 0) is 26.0 Å². The van der Waals surface area contributed by atoms with Crippen LogP contribution in [0.3, 0.4) is 0 Å². The number of carbonyl (C=O) groups is 1. The van der Waals surface area contributed by atoms with Gasteiger partial charge >= 0.3 is 12.2 Å². The van der Waals surface area contributed by atoms with E-state index in [9.17, 15) is 18.0 Å². The standard InChI is InChI=1S/C28H26F3N7O3/c1-27(2,15-40-3)36-20-13-17(28(29,30)31)14-32-22(20)25-37-38-26(41-25)35-23-24(39)33-19-12-8-7-11-18(19)21(34-23)16-9-5-4-6-10-16/h4-14,23,36H,15H2,1-3H3,(H,33,39)(H,35,38)/t23-/m1/s1. The highest BCUT2D eigenvalue weighted by molar-refractivity contribution is 6.19. The number of nitrogens with zero attached hydrogens (tertiary/aromatic N) is 4. The third kappa shape index (κ3) is 6.19. The number of nitrogens with one attached hydrogen (secondary N) is 3. The van der Waals surface area contributed by atoms with E-state index in [4.69, 9.17) is 9.15 Å². The smallest absolute Gasteiger partial charge is 0.402 e. The molecule has 0 bridgehead atoms. The fourth-order valence-corrected chi connectivity index (χ4v) is 4.32. The number of aliphatic imine (C=N–C) groups is 1. The molecule has 2 aromatic heterocycles. The maximum Gasteiger partial charge on any atom is 0.417 e. The molecule has 0 saturated carbocycles.